The van der Waals surface area contributed by atoms with Crippen LogP contribution in [0.3, 0.4) is 0 Å². The van der Waals surface area contributed by atoms with Crippen molar-refractivity contribution in [3.63, 3.8) is 0 Å². The molecule has 1 aliphatic rings. The van der Waals surface area contributed by atoms with E-state index in [4.69, 9.17) is 5.26 Å². The van der Waals surface area contributed by atoms with E-state index in [1.165, 1.54) is 0 Å². The van der Waals surface area contributed by atoms with Crippen LogP contribution in [0.5, 0.6) is 0 Å². The summed E-state index contributed by atoms with van der Waals surface area (Å²) in [5, 5.41) is 11.7. The van der Waals surface area contributed by atoms with Gasteiger partial charge in [0.25, 0.3) is 0 Å². The number of rotatable bonds is 3. The summed E-state index contributed by atoms with van der Waals surface area (Å²) in [6, 6.07) is 2.37. The lowest BCUT2D eigenvalue weighted by Crippen LogP contribution is -2.46. The van der Waals surface area contributed by atoms with Gasteiger partial charge in [0.05, 0.1) is 6.07 Å². The van der Waals surface area contributed by atoms with Gasteiger partial charge in [0.1, 0.15) is 5.92 Å². The zero-order chi connectivity index (χ0) is 10.7. The van der Waals surface area contributed by atoms with E-state index in [0.717, 1.165) is 18.8 Å². The molecule has 0 bridgehead atoms. The highest BCUT2D eigenvalue weighted by Crippen LogP contribution is 2.26. The molecule has 0 saturated heterocycles. The first kappa shape index (κ1) is 11.0. The monoisotopic (exact) mass is 194 g/mol. The molecule has 0 radical (unpaired) electrons. The number of amides is 1. The molecule has 3 heteroatoms. The van der Waals surface area contributed by atoms with Crippen molar-refractivity contribution in [1.29, 1.82) is 5.26 Å². The van der Waals surface area contributed by atoms with Crippen LogP contribution in [0.25, 0.3) is 0 Å². The summed E-state index contributed by atoms with van der Waals surface area (Å²) in [4.78, 5) is 11.6. The van der Waals surface area contributed by atoms with Gasteiger partial charge in [-0.1, -0.05) is 20.8 Å². The van der Waals surface area contributed by atoms with Gasteiger partial charge in [0.15, 0.2) is 0 Å². The highest BCUT2D eigenvalue weighted by Gasteiger charge is 2.30. The van der Waals surface area contributed by atoms with Crippen molar-refractivity contribution in [3.05, 3.63) is 0 Å². The summed E-state index contributed by atoms with van der Waals surface area (Å²) in [5.41, 5.74) is 0. The van der Waals surface area contributed by atoms with Crippen LogP contribution in [0.2, 0.25) is 0 Å². The Morgan fingerprint density at radius 1 is 1.50 bits per heavy atom. The number of nitrogens with one attached hydrogen (secondary N) is 1. The Balaban J connectivity index is 2.38. The first-order valence-electron chi connectivity index (χ1n) is 5.24. The van der Waals surface area contributed by atoms with E-state index >= 15 is 0 Å². The third kappa shape index (κ3) is 2.47. The smallest absolute Gasteiger partial charge is 0.237 e. The molecule has 1 unspecified atom stereocenters. The molecule has 0 aromatic heterocycles. The van der Waals surface area contributed by atoms with E-state index < -0.39 is 5.92 Å². The Labute approximate surface area is 85.5 Å². The molecule has 0 aromatic carbocycles. The van der Waals surface area contributed by atoms with Crippen molar-refractivity contribution in [1.82, 2.24) is 5.32 Å². The second-order valence-corrected chi connectivity index (χ2v) is 4.63. The Morgan fingerprint density at radius 3 is 2.43 bits per heavy atom. The van der Waals surface area contributed by atoms with Gasteiger partial charge in [-0.25, -0.2) is 0 Å². The summed E-state index contributed by atoms with van der Waals surface area (Å²) >= 11 is 0. The second kappa shape index (κ2) is 4.45. The van der Waals surface area contributed by atoms with Gasteiger partial charge in [-0.15, -0.1) is 0 Å². The fraction of sp³-hybridized carbons (Fsp3) is 0.818. The van der Waals surface area contributed by atoms with E-state index in [0.29, 0.717) is 6.04 Å². The van der Waals surface area contributed by atoms with E-state index in [9.17, 15) is 4.79 Å². The quantitative estimate of drug-likeness (QED) is 0.743. The third-order valence-electron chi connectivity index (χ3n) is 2.81. The number of nitrogens with zero attached hydrogens (tertiary/aromatic N) is 1. The van der Waals surface area contributed by atoms with Crippen LogP contribution in [0.1, 0.15) is 33.6 Å². The van der Waals surface area contributed by atoms with E-state index in [-0.39, 0.29) is 11.8 Å². The van der Waals surface area contributed by atoms with Crippen LogP contribution in [-0.2, 0) is 4.79 Å². The molecule has 1 saturated carbocycles. The summed E-state index contributed by atoms with van der Waals surface area (Å²) in [7, 11) is 0. The van der Waals surface area contributed by atoms with Gasteiger partial charge in [-0.2, -0.15) is 5.26 Å². The number of hydrogen-bond donors (Lipinski definition) is 1. The molecule has 0 aliphatic heterocycles. The lowest BCUT2D eigenvalue weighted by atomic mass is 9.81. The van der Waals surface area contributed by atoms with Crippen molar-refractivity contribution in [2.24, 2.45) is 17.8 Å². The minimum absolute atomic E-state index is 0.0949. The molecule has 1 rings (SSSR count). The molecule has 1 fully saturated rings. The second-order valence-electron chi connectivity index (χ2n) is 4.63. The largest absolute Gasteiger partial charge is 0.352 e. The molecule has 0 spiro atoms. The maximum atomic E-state index is 11.6. The van der Waals surface area contributed by atoms with Crippen molar-refractivity contribution < 1.29 is 4.79 Å². The topological polar surface area (TPSA) is 52.9 Å². The number of nitriles is 1. The first-order chi connectivity index (χ1) is 6.54. The molecule has 1 N–H and O–H groups in total. The average molecular weight is 194 g/mol. The van der Waals surface area contributed by atoms with Crippen LogP contribution in [0.4, 0.5) is 0 Å². The van der Waals surface area contributed by atoms with Gasteiger partial charge in [-0.05, 0) is 24.7 Å². The van der Waals surface area contributed by atoms with Gasteiger partial charge in [-0.3, -0.25) is 4.79 Å². The van der Waals surface area contributed by atoms with Gasteiger partial charge < -0.3 is 5.32 Å². The van der Waals surface area contributed by atoms with E-state index in [2.05, 4.69) is 18.3 Å². The Hall–Kier alpha value is -1.04. The van der Waals surface area contributed by atoms with Gasteiger partial charge >= 0.3 is 0 Å². The average Bonchev–Trinajstić information content (AvgIpc) is 2.01. The minimum atomic E-state index is -0.495. The highest BCUT2D eigenvalue weighted by atomic mass is 16.1. The molecule has 14 heavy (non-hydrogen) atoms. The van der Waals surface area contributed by atoms with Crippen LogP contribution >= 0.6 is 0 Å². The summed E-state index contributed by atoms with van der Waals surface area (Å²) in [5.74, 6) is 0.225. The van der Waals surface area contributed by atoms with Gasteiger partial charge in [0, 0.05) is 6.04 Å². The molecule has 3 nitrogen and oxygen atoms in total. The predicted molar refractivity (Wildman–Crippen MR) is 54.3 cm³/mol. The lowest BCUT2D eigenvalue weighted by molar-refractivity contribution is -0.125. The number of hydrogen-bond acceptors (Lipinski definition) is 2. The Morgan fingerprint density at radius 2 is 2.07 bits per heavy atom. The summed E-state index contributed by atoms with van der Waals surface area (Å²) in [6.07, 6.45) is 2.12. The lowest BCUT2D eigenvalue weighted by Gasteiger charge is -2.34. The Kier molecular flexibility index (Phi) is 3.51. The van der Waals surface area contributed by atoms with Crippen LogP contribution in [0, 0.1) is 29.1 Å². The predicted octanol–water partition coefficient (Wildman–Crippen LogP) is 1.70. The van der Waals surface area contributed by atoms with Crippen molar-refractivity contribution in [3.8, 4) is 6.07 Å². The number of carbonyl (C=O) groups excluding carboxylic acids is 1. The maximum absolute atomic E-state index is 11.6. The SMILES string of the molecule is CC1CC(NC(=O)C(C#N)C(C)C)C1. The van der Waals surface area contributed by atoms with Gasteiger partial charge in [0.2, 0.25) is 5.91 Å². The molecule has 0 aromatic rings. The number of carbonyl (C=O) groups is 1. The molecule has 78 valence electrons. The van der Waals surface area contributed by atoms with Crippen molar-refractivity contribution in [2.45, 2.75) is 39.7 Å². The van der Waals surface area contributed by atoms with Crippen LogP contribution < -0.4 is 5.32 Å². The molecule has 1 atom stereocenters. The molecule has 0 heterocycles. The van der Waals surface area contributed by atoms with Crippen molar-refractivity contribution >= 4 is 5.91 Å². The van der Waals surface area contributed by atoms with Crippen LogP contribution in [0.15, 0.2) is 0 Å². The van der Waals surface area contributed by atoms with Crippen molar-refractivity contribution in [2.75, 3.05) is 0 Å². The van der Waals surface area contributed by atoms with E-state index in [1.807, 2.05) is 13.8 Å². The highest BCUT2D eigenvalue weighted by molar-refractivity contribution is 5.81. The maximum Gasteiger partial charge on any atom is 0.237 e. The zero-order valence-electron chi connectivity index (χ0n) is 9.08. The zero-order valence-corrected chi connectivity index (χ0v) is 9.08. The molecular weight excluding hydrogens is 176 g/mol. The molecule has 1 aliphatic carbocycles. The normalized spacial score (nSPS) is 27.6. The third-order valence-corrected chi connectivity index (χ3v) is 2.81. The molecular formula is C11H18N2O. The summed E-state index contributed by atoms with van der Waals surface area (Å²) < 4.78 is 0. The van der Waals surface area contributed by atoms with Crippen LogP contribution in [-0.4, -0.2) is 11.9 Å². The summed E-state index contributed by atoms with van der Waals surface area (Å²) in [6.45, 7) is 5.97. The fourth-order valence-corrected chi connectivity index (χ4v) is 1.82. The first-order valence-corrected chi connectivity index (χ1v) is 5.24. The minimum Gasteiger partial charge on any atom is -0.352 e. The Bertz CT molecular complexity index is 249. The fourth-order valence-electron chi connectivity index (χ4n) is 1.82. The molecule has 1 amide bonds. The van der Waals surface area contributed by atoms with E-state index in [1.54, 1.807) is 0 Å². The standard InChI is InChI=1S/C11H18N2O/c1-7(2)10(6-12)11(14)13-9-4-8(3)5-9/h7-10H,4-5H2,1-3H3,(H,13,14).